The summed E-state index contributed by atoms with van der Waals surface area (Å²) in [4.78, 5) is 33.7. The number of hydrogen-bond acceptors (Lipinski definition) is 6. The highest BCUT2D eigenvalue weighted by molar-refractivity contribution is 6.30. The first-order valence-electron chi connectivity index (χ1n) is 5.21. The number of pyridine rings is 1. The molecule has 2 aromatic heterocycles. The number of carbonyl (C=O) groups is 2. The Balaban J connectivity index is 2.20. The molecule has 0 aliphatic carbocycles. The summed E-state index contributed by atoms with van der Waals surface area (Å²) in [7, 11) is 0. The Morgan fingerprint density at radius 2 is 1.95 bits per heavy atom. The Bertz CT molecular complexity index is 647. The van der Waals surface area contributed by atoms with Gasteiger partial charge in [-0.1, -0.05) is 11.6 Å². The second-order valence-corrected chi connectivity index (χ2v) is 3.83. The number of carboxylic acid groups (broad SMARTS) is 1. The average Bonchev–Trinajstić information content (AvgIpc) is 2.41. The molecule has 0 saturated carbocycles. The molecule has 102 valence electrons. The van der Waals surface area contributed by atoms with Crippen LogP contribution in [-0.4, -0.2) is 32.1 Å². The molecular weight excluding hydrogens is 288 g/mol. The van der Waals surface area contributed by atoms with E-state index in [1.807, 2.05) is 0 Å². The maximum atomic E-state index is 11.9. The van der Waals surface area contributed by atoms with Crippen LogP contribution in [0.15, 0.2) is 30.7 Å². The fourth-order valence-corrected chi connectivity index (χ4v) is 1.38. The molecule has 20 heavy (non-hydrogen) atoms. The minimum Gasteiger partial charge on any atom is -0.449 e. The second kappa shape index (κ2) is 5.93. The quantitative estimate of drug-likeness (QED) is 0.830. The third kappa shape index (κ3) is 3.39. The van der Waals surface area contributed by atoms with Crippen molar-refractivity contribution in [3.8, 4) is 5.88 Å². The van der Waals surface area contributed by atoms with Gasteiger partial charge in [0, 0.05) is 18.6 Å². The Hall–Kier alpha value is -2.74. The van der Waals surface area contributed by atoms with Gasteiger partial charge < -0.3 is 15.2 Å². The van der Waals surface area contributed by atoms with Gasteiger partial charge >= 0.3 is 6.16 Å². The number of nitrogens with one attached hydrogen (secondary N) is 1. The van der Waals surface area contributed by atoms with Crippen molar-refractivity contribution in [3.05, 3.63) is 41.4 Å². The van der Waals surface area contributed by atoms with Gasteiger partial charge in [0.1, 0.15) is 5.82 Å². The summed E-state index contributed by atoms with van der Waals surface area (Å²) in [6.07, 6.45) is 2.20. The molecule has 0 saturated heterocycles. The van der Waals surface area contributed by atoms with Gasteiger partial charge in [-0.15, -0.1) is 0 Å². The van der Waals surface area contributed by atoms with Gasteiger partial charge in [-0.25, -0.2) is 19.7 Å². The number of amides is 1. The molecule has 0 aliphatic heterocycles. The summed E-state index contributed by atoms with van der Waals surface area (Å²) in [5, 5.41) is 11.4. The first-order chi connectivity index (χ1) is 9.56. The van der Waals surface area contributed by atoms with Gasteiger partial charge in [-0.3, -0.25) is 4.79 Å². The van der Waals surface area contributed by atoms with Crippen LogP contribution in [0.5, 0.6) is 5.88 Å². The summed E-state index contributed by atoms with van der Waals surface area (Å²) >= 11 is 5.66. The number of aromatic nitrogens is 3. The number of nitrogens with zero attached hydrogens (tertiary/aromatic N) is 3. The highest BCUT2D eigenvalue weighted by Crippen LogP contribution is 2.15. The molecule has 0 bridgehead atoms. The van der Waals surface area contributed by atoms with E-state index in [2.05, 4.69) is 25.0 Å². The van der Waals surface area contributed by atoms with E-state index in [0.717, 1.165) is 0 Å². The molecule has 2 N–H and O–H groups in total. The second-order valence-electron chi connectivity index (χ2n) is 3.39. The van der Waals surface area contributed by atoms with Gasteiger partial charge in [0.05, 0.1) is 5.02 Å². The molecule has 2 heterocycles. The van der Waals surface area contributed by atoms with E-state index in [-0.39, 0.29) is 11.5 Å². The highest BCUT2D eigenvalue weighted by atomic mass is 35.5. The van der Waals surface area contributed by atoms with Crippen molar-refractivity contribution in [2.75, 3.05) is 5.32 Å². The van der Waals surface area contributed by atoms with Crippen LogP contribution in [0.25, 0.3) is 0 Å². The number of hydrogen-bond donors (Lipinski definition) is 2. The van der Waals surface area contributed by atoms with Crippen molar-refractivity contribution in [2.45, 2.75) is 0 Å². The summed E-state index contributed by atoms with van der Waals surface area (Å²) in [5.41, 5.74) is -0.272. The van der Waals surface area contributed by atoms with Gasteiger partial charge in [-0.2, -0.15) is 0 Å². The number of halogens is 1. The lowest BCUT2D eigenvalue weighted by atomic mass is 10.4. The molecule has 0 radical (unpaired) electrons. The zero-order valence-corrected chi connectivity index (χ0v) is 10.5. The van der Waals surface area contributed by atoms with Crippen molar-refractivity contribution in [1.29, 1.82) is 0 Å². The average molecular weight is 295 g/mol. The van der Waals surface area contributed by atoms with E-state index >= 15 is 0 Å². The fraction of sp³-hybridized carbons (Fsp3) is 0. The van der Waals surface area contributed by atoms with Crippen molar-refractivity contribution in [1.82, 2.24) is 15.0 Å². The molecule has 9 heteroatoms. The predicted octanol–water partition coefficient (Wildman–Crippen LogP) is 1.83. The maximum absolute atomic E-state index is 11.9. The van der Waals surface area contributed by atoms with Crippen LogP contribution in [-0.2, 0) is 0 Å². The monoisotopic (exact) mass is 294 g/mol. The molecule has 0 aliphatic rings. The van der Waals surface area contributed by atoms with E-state index < -0.39 is 17.9 Å². The summed E-state index contributed by atoms with van der Waals surface area (Å²) < 4.78 is 4.36. The van der Waals surface area contributed by atoms with Crippen molar-refractivity contribution in [3.63, 3.8) is 0 Å². The Kier molecular flexibility index (Phi) is 4.06. The molecule has 2 rings (SSSR count). The van der Waals surface area contributed by atoms with Crippen LogP contribution in [0, 0.1) is 0 Å². The molecular formula is C11H7ClN4O4. The minimum absolute atomic E-state index is 0.228. The normalized spacial score (nSPS) is 9.85. The van der Waals surface area contributed by atoms with Gasteiger partial charge in [0.15, 0.2) is 5.69 Å². The minimum atomic E-state index is -1.59. The topological polar surface area (TPSA) is 114 Å². The van der Waals surface area contributed by atoms with Crippen LogP contribution >= 0.6 is 11.6 Å². The van der Waals surface area contributed by atoms with Crippen LogP contribution in [0.3, 0.4) is 0 Å². The van der Waals surface area contributed by atoms with E-state index in [1.54, 1.807) is 0 Å². The lowest BCUT2D eigenvalue weighted by molar-refractivity contribution is 0.101. The van der Waals surface area contributed by atoms with Crippen molar-refractivity contribution >= 4 is 29.5 Å². The molecule has 1 amide bonds. The van der Waals surface area contributed by atoms with Gasteiger partial charge in [0.25, 0.3) is 11.8 Å². The SMILES string of the molecule is O=C(O)Oc1nccnc1C(=O)Nc1ccc(Cl)cn1. The lowest BCUT2D eigenvalue weighted by Gasteiger charge is -2.06. The van der Waals surface area contributed by atoms with Crippen molar-refractivity contribution in [2.24, 2.45) is 0 Å². The third-order valence-electron chi connectivity index (χ3n) is 2.03. The molecule has 0 aromatic carbocycles. The Labute approximate surface area is 117 Å². The highest BCUT2D eigenvalue weighted by Gasteiger charge is 2.18. The molecule has 0 unspecified atom stereocenters. The van der Waals surface area contributed by atoms with Crippen molar-refractivity contribution < 1.29 is 19.4 Å². The van der Waals surface area contributed by atoms with Crippen LogP contribution < -0.4 is 10.1 Å². The number of rotatable bonds is 3. The molecule has 2 aromatic rings. The maximum Gasteiger partial charge on any atom is 0.512 e. The molecule has 0 atom stereocenters. The number of ether oxygens (including phenoxy) is 1. The van der Waals surface area contributed by atoms with Crippen LogP contribution in [0.4, 0.5) is 10.6 Å². The summed E-state index contributed by atoms with van der Waals surface area (Å²) in [6.45, 7) is 0. The zero-order valence-electron chi connectivity index (χ0n) is 9.78. The molecule has 0 spiro atoms. The molecule has 8 nitrogen and oxygen atoms in total. The summed E-state index contributed by atoms with van der Waals surface area (Å²) in [6, 6.07) is 3.02. The zero-order chi connectivity index (χ0) is 14.5. The van der Waals surface area contributed by atoms with E-state index in [4.69, 9.17) is 16.7 Å². The fourth-order valence-electron chi connectivity index (χ4n) is 1.26. The Morgan fingerprint density at radius 3 is 2.60 bits per heavy atom. The predicted molar refractivity (Wildman–Crippen MR) is 67.9 cm³/mol. The first-order valence-corrected chi connectivity index (χ1v) is 5.59. The van der Waals surface area contributed by atoms with E-state index in [9.17, 15) is 9.59 Å². The number of anilines is 1. The van der Waals surface area contributed by atoms with E-state index in [0.29, 0.717) is 5.02 Å². The largest absolute Gasteiger partial charge is 0.512 e. The van der Waals surface area contributed by atoms with Gasteiger partial charge in [0.2, 0.25) is 0 Å². The standard InChI is InChI=1S/C11H7ClN4O4/c12-6-1-2-7(15-5-6)16-9(17)8-10(20-11(18)19)14-4-3-13-8/h1-5H,(H,18,19)(H,15,16,17). The lowest BCUT2D eigenvalue weighted by Crippen LogP contribution is -2.18. The van der Waals surface area contributed by atoms with Crippen LogP contribution in [0.1, 0.15) is 10.5 Å². The summed E-state index contributed by atoms with van der Waals surface area (Å²) in [5.74, 6) is -0.887. The van der Waals surface area contributed by atoms with Crippen LogP contribution in [0.2, 0.25) is 5.02 Å². The first kappa shape index (κ1) is 13.7. The van der Waals surface area contributed by atoms with Gasteiger partial charge in [-0.05, 0) is 12.1 Å². The third-order valence-corrected chi connectivity index (χ3v) is 2.26. The Morgan fingerprint density at radius 1 is 1.20 bits per heavy atom. The number of carbonyl (C=O) groups excluding carboxylic acids is 1. The molecule has 0 fully saturated rings. The van der Waals surface area contributed by atoms with E-state index in [1.165, 1.54) is 30.7 Å². The smallest absolute Gasteiger partial charge is 0.449 e.